The number of alkyl halides is 2. The number of carbonyl (C=O) groups is 2. The van der Waals surface area contributed by atoms with Crippen LogP contribution in [0.2, 0.25) is 10.0 Å². The van der Waals surface area contributed by atoms with Crippen LogP contribution in [0.1, 0.15) is 70.3 Å². The highest BCUT2D eigenvalue weighted by Crippen LogP contribution is 2.41. The molecule has 0 spiro atoms. The van der Waals surface area contributed by atoms with E-state index in [-0.39, 0.29) is 69.3 Å². The lowest BCUT2D eigenvalue weighted by Gasteiger charge is -2.44. The van der Waals surface area contributed by atoms with Gasteiger partial charge in [-0.25, -0.2) is 9.18 Å². The van der Waals surface area contributed by atoms with Crippen LogP contribution in [0.25, 0.3) is 0 Å². The molecule has 1 saturated carbocycles. The lowest BCUT2D eigenvalue weighted by Crippen LogP contribution is -2.52. The Bertz CT molecular complexity index is 2040. The summed E-state index contributed by atoms with van der Waals surface area (Å²) in [5.74, 6) is -3.31. The Morgan fingerprint density at radius 3 is 2.35 bits per heavy atom. The molecule has 4 aliphatic rings. The molecule has 55 heavy (non-hydrogen) atoms. The number of carboxylic acid groups (broad SMARTS) is 1. The number of carboxylic acids is 1. The van der Waals surface area contributed by atoms with Crippen molar-refractivity contribution in [2.45, 2.75) is 56.8 Å². The van der Waals surface area contributed by atoms with Crippen LogP contribution in [0.5, 0.6) is 11.5 Å². The first-order chi connectivity index (χ1) is 26.4. The van der Waals surface area contributed by atoms with Crippen LogP contribution in [0.4, 0.5) is 18.9 Å². The van der Waals surface area contributed by atoms with E-state index in [1.54, 1.807) is 6.07 Å². The molecular weight excluding hydrogens is 762 g/mol. The van der Waals surface area contributed by atoms with Crippen molar-refractivity contribution in [2.75, 3.05) is 31.6 Å². The lowest BCUT2D eigenvalue weighted by atomic mass is 9.83. The number of ether oxygens (including phenoxy) is 3. The zero-order chi connectivity index (χ0) is 38.8. The van der Waals surface area contributed by atoms with Gasteiger partial charge in [-0.05, 0) is 110 Å². The van der Waals surface area contributed by atoms with Gasteiger partial charge in [-0.1, -0.05) is 47.5 Å². The highest BCUT2D eigenvalue weighted by atomic mass is 35.5. The Hall–Kier alpha value is -4.72. The van der Waals surface area contributed by atoms with Gasteiger partial charge >= 0.3 is 12.6 Å². The van der Waals surface area contributed by atoms with Crippen LogP contribution < -0.4 is 24.6 Å². The van der Waals surface area contributed by atoms with Crippen LogP contribution in [0, 0.1) is 17.7 Å². The molecule has 3 atom stereocenters. The Kier molecular flexibility index (Phi) is 11.6. The standard InChI is InChI=1S/C40H38Cl2F3N3O7/c41-32-18-48(52)19-33(42)31(32)17-29(24-6-9-34(55-40(44)45)35(15-24)53-21-22-4-5-22)30-16-27(7-8-28(30)38(49)50)46-37(25-2-1-3-26(43)14-25)39(51)54-36-20-47-12-10-23(36)11-13-47/h1-3,6-9,14-16,18-19,22-23,29,36-37,40,46H,4-5,10-13,17,20-21H2,(H-,49,50,52)/t29-,36-,37?/m0/s1. The fraction of sp³-hybridized carbons (Fsp3) is 0.375. The van der Waals surface area contributed by atoms with Crippen molar-refractivity contribution in [3.05, 3.63) is 117 Å². The molecule has 2 N–H and O–H groups in total. The molecule has 10 nitrogen and oxygen atoms in total. The Balaban J connectivity index is 1.30. The van der Waals surface area contributed by atoms with Crippen LogP contribution >= 0.6 is 23.2 Å². The van der Waals surface area contributed by atoms with Crippen LogP contribution in [-0.2, 0) is 16.0 Å². The van der Waals surface area contributed by atoms with Crippen molar-refractivity contribution in [1.29, 1.82) is 0 Å². The normalized spacial score (nSPS) is 20.1. The van der Waals surface area contributed by atoms with Gasteiger partial charge in [0.2, 0.25) is 12.4 Å². The van der Waals surface area contributed by atoms with Crippen LogP contribution in [-0.4, -0.2) is 61.0 Å². The predicted octanol–water partition coefficient (Wildman–Crippen LogP) is 6.58. The number of esters is 1. The lowest BCUT2D eigenvalue weighted by molar-refractivity contribution is -0.904. The third kappa shape index (κ3) is 9.22. The smallest absolute Gasteiger partial charge is 0.387 e. The highest BCUT2D eigenvalue weighted by molar-refractivity contribution is 6.35. The molecule has 290 valence electrons. The largest absolute Gasteiger partial charge is 0.545 e. The highest BCUT2D eigenvalue weighted by Gasteiger charge is 2.38. The van der Waals surface area contributed by atoms with E-state index in [1.807, 2.05) is 0 Å². The van der Waals surface area contributed by atoms with Gasteiger partial charge in [0.25, 0.3) is 0 Å². The fourth-order valence-electron chi connectivity index (χ4n) is 7.41. The summed E-state index contributed by atoms with van der Waals surface area (Å²) in [7, 11) is 0. The first kappa shape index (κ1) is 38.6. The summed E-state index contributed by atoms with van der Waals surface area (Å²) in [4.78, 5) is 28.9. The van der Waals surface area contributed by atoms with Gasteiger partial charge < -0.3 is 29.4 Å². The summed E-state index contributed by atoms with van der Waals surface area (Å²) in [5.41, 5.74) is 1.29. The summed E-state index contributed by atoms with van der Waals surface area (Å²) < 4.78 is 58.9. The minimum absolute atomic E-state index is 0.0269. The van der Waals surface area contributed by atoms with Gasteiger partial charge in [0.1, 0.15) is 22.0 Å². The number of piperidine rings is 3. The number of nitrogens with zero attached hydrogens (tertiary/aromatic N) is 2. The van der Waals surface area contributed by atoms with Crippen molar-refractivity contribution in [2.24, 2.45) is 11.8 Å². The first-order valence-electron chi connectivity index (χ1n) is 18.0. The molecule has 1 aromatic heterocycles. The molecule has 15 heteroatoms. The van der Waals surface area contributed by atoms with E-state index >= 15 is 0 Å². The summed E-state index contributed by atoms with van der Waals surface area (Å²) in [5, 5.41) is 26.1. The molecule has 4 heterocycles. The van der Waals surface area contributed by atoms with Gasteiger partial charge in [-0.15, -0.1) is 0 Å². The molecule has 3 aromatic carbocycles. The molecule has 4 fully saturated rings. The third-order valence-corrected chi connectivity index (χ3v) is 11.1. The molecule has 8 rings (SSSR count). The van der Waals surface area contributed by atoms with E-state index in [0.717, 1.165) is 38.8 Å². The second-order valence-corrected chi connectivity index (χ2v) is 15.1. The molecular formula is C40H38Cl2F3N3O7. The number of hydrogen-bond donors (Lipinski definition) is 2. The van der Waals surface area contributed by atoms with Gasteiger partial charge in [-0.3, -0.25) is 10.1 Å². The molecule has 1 aliphatic carbocycles. The zero-order valence-electron chi connectivity index (χ0n) is 29.4. The SMILES string of the molecule is O=C([O-])c1ccc(NC(C(=O)O[C@H]2CN3CCC2CC3)c2cccc(F)c2)cc1[C@@H](Cc1c(Cl)c[n+](O)cc1Cl)c1ccc(OC(F)F)c(OCC2CC2)c1. The second-order valence-electron chi connectivity index (χ2n) is 14.2. The average molecular weight is 801 g/mol. The van der Waals surface area contributed by atoms with Crippen LogP contribution in [0.15, 0.2) is 73.1 Å². The van der Waals surface area contributed by atoms with Crippen molar-refractivity contribution in [1.82, 2.24) is 4.90 Å². The molecule has 2 bridgehead atoms. The third-order valence-electron chi connectivity index (χ3n) is 10.5. The van der Waals surface area contributed by atoms with E-state index in [2.05, 4.69) is 10.2 Å². The number of hydrogen-bond acceptors (Lipinski definition) is 9. The maximum Gasteiger partial charge on any atom is 0.387 e. The number of anilines is 1. The quantitative estimate of drug-likeness (QED) is 0.0781. The van der Waals surface area contributed by atoms with Gasteiger partial charge in [0.15, 0.2) is 17.5 Å². The summed E-state index contributed by atoms with van der Waals surface area (Å²) in [6.07, 6.45) is 5.72. The topological polar surface area (TPSA) is 124 Å². The van der Waals surface area contributed by atoms with Gasteiger partial charge in [0, 0.05) is 34.0 Å². The number of pyridine rings is 1. The second kappa shape index (κ2) is 16.6. The Morgan fingerprint density at radius 2 is 1.71 bits per heavy atom. The zero-order valence-corrected chi connectivity index (χ0v) is 30.9. The fourth-order valence-corrected chi connectivity index (χ4v) is 8.01. The average Bonchev–Trinajstić information content (AvgIpc) is 3.98. The summed E-state index contributed by atoms with van der Waals surface area (Å²) in [6, 6.07) is 13.0. The number of fused-ring (bicyclic) bond motifs is 3. The number of halogens is 5. The predicted molar refractivity (Wildman–Crippen MR) is 193 cm³/mol. The van der Waals surface area contributed by atoms with E-state index < -0.39 is 36.3 Å². The van der Waals surface area contributed by atoms with Crippen LogP contribution in [0.3, 0.4) is 0 Å². The minimum Gasteiger partial charge on any atom is -0.545 e. The monoisotopic (exact) mass is 799 g/mol. The molecule has 4 aromatic rings. The number of nitrogens with one attached hydrogen (secondary N) is 1. The van der Waals surface area contributed by atoms with E-state index in [4.69, 9.17) is 37.4 Å². The summed E-state index contributed by atoms with van der Waals surface area (Å²) >= 11 is 13.1. The first-order valence-corrected chi connectivity index (χ1v) is 18.8. The minimum atomic E-state index is -3.13. The van der Waals surface area contributed by atoms with Crippen molar-refractivity contribution < 1.29 is 52.0 Å². The molecule has 3 saturated heterocycles. The molecule has 0 radical (unpaired) electrons. The van der Waals surface area contributed by atoms with Crippen molar-refractivity contribution in [3.63, 3.8) is 0 Å². The number of rotatable bonds is 15. The number of aromatic carboxylic acids is 1. The Morgan fingerprint density at radius 1 is 0.964 bits per heavy atom. The molecule has 1 unspecified atom stereocenters. The van der Waals surface area contributed by atoms with Gasteiger partial charge in [-0.2, -0.15) is 8.78 Å². The number of carbonyl (C=O) groups excluding carboxylic acids is 2. The molecule has 0 amide bonds. The van der Waals surface area contributed by atoms with Gasteiger partial charge in [0.05, 0.1) is 12.6 Å². The number of benzene rings is 3. The number of aromatic nitrogens is 1. The molecule has 3 aliphatic heterocycles. The van der Waals surface area contributed by atoms with E-state index in [9.17, 15) is 33.1 Å². The Labute approximate surface area is 325 Å². The van der Waals surface area contributed by atoms with Crippen molar-refractivity contribution in [3.8, 4) is 11.5 Å². The maximum absolute atomic E-state index is 14.6. The van der Waals surface area contributed by atoms with E-state index in [1.165, 1.54) is 67.0 Å². The van der Waals surface area contributed by atoms with Crippen molar-refractivity contribution >= 4 is 40.8 Å². The maximum atomic E-state index is 14.6. The van der Waals surface area contributed by atoms with E-state index in [0.29, 0.717) is 28.0 Å². The summed E-state index contributed by atoms with van der Waals surface area (Å²) in [6.45, 7) is -0.384.